The monoisotopic (exact) mass is 295 g/mol. The first kappa shape index (κ1) is 14.9. The average Bonchev–Trinajstić information content (AvgIpc) is 2.45. The Morgan fingerprint density at radius 2 is 2.10 bits per heavy atom. The van der Waals surface area contributed by atoms with Crippen LogP contribution in [0.5, 0.6) is 5.75 Å². The molecule has 0 unspecified atom stereocenters. The summed E-state index contributed by atoms with van der Waals surface area (Å²) in [6.45, 7) is -0.0126. The molecule has 0 spiro atoms. The van der Waals surface area contributed by atoms with Crippen molar-refractivity contribution < 1.29 is 14.3 Å². The topological polar surface area (TPSA) is 46.6 Å². The zero-order valence-corrected chi connectivity index (χ0v) is 12.2. The number of benzene rings is 1. The van der Waals surface area contributed by atoms with Crippen molar-refractivity contribution in [1.29, 1.82) is 0 Å². The van der Waals surface area contributed by atoms with Gasteiger partial charge in [0.05, 0.1) is 0 Å². The number of hydrogen-bond donors (Lipinski definition) is 0. The molecule has 2 rings (SSSR count). The van der Waals surface area contributed by atoms with Crippen molar-refractivity contribution in [2.24, 2.45) is 0 Å². The van der Waals surface area contributed by atoms with Crippen LogP contribution in [0.4, 0.5) is 0 Å². The van der Waals surface area contributed by atoms with E-state index in [1.165, 1.54) is 0 Å². The number of halogens is 1. The molecule has 20 heavy (non-hydrogen) atoms. The third kappa shape index (κ3) is 3.97. The Bertz CT molecular complexity index is 494. The van der Waals surface area contributed by atoms with Crippen molar-refractivity contribution in [3.05, 3.63) is 29.3 Å². The van der Waals surface area contributed by atoms with Crippen LogP contribution in [0.3, 0.4) is 0 Å². The standard InChI is InChI=1S/C15H18ClNO3/c1-17(12-5-7-13(18)8-6-12)15(19)10-20-14-4-2-3-11(16)9-14/h2-4,9,12H,5-8,10H2,1H3. The minimum atomic E-state index is -0.0793. The van der Waals surface area contributed by atoms with Gasteiger partial charge in [0, 0.05) is 31.0 Å². The summed E-state index contributed by atoms with van der Waals surface area (Å²) in [7, 11) is 1.77. The largest absolute Gasteiger partial charge is 0.484 e. The van der Waals surface area contributed by atoms with E-state index in [0.29, 0.717) is 23.6 Å². The minimum absolute atomic E-state index is 0.0126. The highest BCUT2D eigenvalue weighted by Gasteiger charge is 2.25. The van der Waals surface area contributed by atoms with Crippen LogP contribution in [0.2, 0.25) is 5.02 Å². The van der Waals surface area contributed by atoms with Gasteiger partial charge in [-0.25, -0.2) is 0 Å². The molecular formula is C15H18ClNO3. The van der Waals surface area contributed by atoms with E-state index in [2.05, 4.69) is 0 Å². The highest BCUT2D eigenvalue weighted by Crippen LogP contribution is 2.20. The number of ketones is 1. The third-order valence-electron chi connectivity index (χ3n) is 3.61. The van der Waals surface area contributed by atoms with Gasteiger partial charge in [-0.15, -0.1) is 0 Å². The van der Waals surface area contributed by atoms with Gasteiger partial charge < -0.3 is 9.64 Å². The van der Waals surface area contributed by atoms with E-state index in [0.717, 1.165) is 12.8 Å². The van der Waals surface area contributed by atoms with Crippen molar-refractivity contribution >= 4 is 23.3 Å². The Kier molecular flexibility index (Phi) is 5.01. The smallest absolute Gasteiger partial charge is 0.260 e. The van der Waals surface area contributed by atoms with Gasteiger partial charge in [0.15, 0.2) is 6.61 Å². The van der Waals surface area contributed by atoms with Crippen LogP contribution in [-0.2, 0) is 9.59 Å². The van der Waals surface area contributed by atoms with Crippen LogP contribution in [0, 0.1) is 0 Å². The predicted octanol–water partition coefficient (Wildman–Crippen LogP) is 2.69. The first-order valence-electron chi connectivity index (χ1n) is 6.72. The van der Waals surface area contributed by atoms with Crippen molar-refractivity contribution in [1.82, 2.24) is 4.90 Å². The molecule has 5 heteroatoms. The molecule has 0 heterocycles. The number of hydrogen-bond acceptors (Lipinski definition) is 3. The Morgan fingerprint density at radius 1 is 1.40 bits per heavy atom. The summed E-state index contributed by atoms with van der Waals surface area (Å²) >= 11 is 5.85. The Morgan fingerprint density at radius 3 is 2.75 bits per heavy atom. The van der Waals surface area contributed by atoms with Crippen molar-refractivity contribution in [3.63, 3.8) is 0 Å². The second-order valence-corrected chi connectivity index (χ2v) is 5.46. The molecule has 0 bridgehead atoms. The molecule has 0 atom stereocenters. The molecule has 0 saturated heterocycles. The highest BCUT2D eigenvalue weighted by atomic mass is 35.5. The van der Waals surface area contributed by atoms with E-state index in [9.17, 15) is 9.59 Å². The van der Waals surface area contributed by atoms with Gasteiger partial charge in [0.1, 0.15) is 11.5 Å². The molecule has 1 fully saturated rings. The fourth-order valence-electron chi connectivity index (χ4n) is 2.32. The van der Waals surface area contributed by atoms with Crippen molar-refractivity contribution in [2.45, 2.75) is 31.7 Å². The average molecular weight is 296 g/mol. The summed E-state index contributed by atoms with van der Waals surface area (Å²) in [5.74, 6) is 0.791. The molecule has 0 aromatic heterocycles. The lowest BCUT2D eigenvalue weighted by Gasteiger charge is -2.30. The number of likely N-dealkylation sites (N-methyl/N-ethyl adjacent to an activating group) is 1. The fraction of sp³-hybridized carbons (Fsp3) is 0.467. The molecule has 1 aliphatic rings. The number of nitrogens with zero attached hydrogens (tertiary/aromatic N) is 1. The molecule has 1 aliphatic carbocycles. The number of ether oxygens (including phenoxy) is 1. The van der Waals surface area contributed by atoms with E-state index in [4.69, 9.17) is 16.3 Å². The molecule has 1 aromatic rings. The molecule has 1 saturated carbocycles. The van der Waals surface area contributed by atoms with Gasteiger partial charge in [-0.05, 0) is 31.0 Å². The maximum atomic E-state index is 12.1. The molecule has 1 amide bonds. The first-order valence-corrected chi connectivity index (χ1v) is 7.10. The van der Waals surface area contributed by atoms with E-state index < -0.39 is 0 Å². The second-order valence-electron chi connectivity index (χ2n) is 5.02. The van der Waals surface area contributed by atoms with Crippen LogP contribution in [0.15, 0.2) is 24.3 Å². The summed E-state index contributed by atoms with van der Waals surface area (Å²) in [6.07, 6.45) is 2.63. The Labute approximate surface area is 123 Å². The van der Waals surface area contributed by atoms with Crippen LogP contribution < -0.4 is 4.74 Å². The van der Waals surface area contributed by atoms with E-state index in [1.807, 2.05) is 0 Å². The van der Waals surface area contributed by atoms with Gasteiger partial charge in [-0.2, -0.15) is 0 Å². The molecule has 4 nitrogen and oxygen atoms in total. The molecule has 1 aromatic carbocycles. The van der Waals surface area contributed by atoms with E-state index in [-0.39, 0.29) is 24.3 Å². The third-order valence-corrected chi connectivity index (χ3v) is 3.85. The molecule has 108 valence electrons. The van der Waals surface area contributed by atoms with Crippen LogP contribution in [-0.4, -0.2) is 36.3 Å². The molecular weight excluding hydrogens is 278 g/mol. The SMILES string of the molecule is CN(C(=O)COc1cccc(Cl)c1)C1CCC(=O)CC1. The Hall–Kier alpha value is -1.55. The quantitative estimate of drug-likeness (QED) is 0.858. The first-order chi connectivity index (χ1) is 9.56. The lowest BCUT2D eigenvalue weighted by atomic mass is 9.93. The highest BCUT2D eigenvalue weighted by molar-refractivity contribution is 6.30. The lowest BCUT2D eigenvalue weighted by molar-refractivity contribution is -0.136. The number of carbonyl (C=O) groups is 2. The number of Topliss-reactive ketones (excluding diaryl/α,β-unsaturated/α-hetero) is 1. The zero-order valence-electron chi connectivity index (χ0n) is 11.5. The molecule has 0 aliphatic heterocycles. The maximum Gasteiger partial charge on any atom is 0.260 e. The maximum absolute atomic E-state index is 12.1. The number of rotatable bonds is 4. The minimum Gasteiger partial charge on any atom is -0.484 e. The van der Waals surface area contributed by atoms with E-state index >= 15 is 0 Å². The summed E-state index contributed by atoms with van der Waals surface area (Å²) in [5, 5.41) is 0.578. The fourth-order valence-corrected chi connectivity index (χ4v) is 2.50. The van der Waals surface area contributed by atoms with Gasteiger partial charge in [0.25, 0.3) is 5.91 Å². The summed E-state index contributed by atoms with van der Waals surface area (Å²) in [4.78, 5) is 25.0. The number of carbonyl (C=O) groups excluding carboxylic acids is 2. The van der Waals surface area contributed by atoms with Gasteiger partial charge >= 0.3 is 0 Å². The second kappa shape index (κ2) is 6.75. The van der Waals surface area contributed by atoms with Gasteiger partial charge in [-0.1, -0.05) is 17.7 Å². The molecule has 0 N–H and O–H groups in total. The summed E-state index contributed by atoms with van der Waals surface area (Å²) in [5.41, 5.74) is 0. The summed E-state index contributed by atoms with van der Waals surface area (Å²) < 4.78 is 5.44. The van der Waals surface area contributed by atoms with Gasteiger partial charge in [-0.3, -0.25) is 9.59 Å². The van der Waals surface area contributed by atoms with Crippen LogP contribution >= 0.6 is 11.6 Å². The summed E-state index contributed by atoms with van der Waals surface area (Å²) in [6, 6.07) is 7.11. The normalized spacial score (nSPS) is 16.0. The lowest BCUT2D eigenvalue weighted by Crippen LogP contribution is -2.41. The predicted molar refractivity (Wildman–Crippen MR) is 77.0 cm³/mol. The van der Waals surface area contributed by atoms with E-state index in [1.54, 1.807) is 36.2 Å². The molecule has 0 radical (unpaired) electrons. The van der Waals surface area contributed by atoms with Crippen LogP contribution in [0.25, 0.3) is 0 Å². The number of amides is 1. The van der Waals surface area contributed by atoms with Crippen LogP contribution in [0.1, 0.15) is 25.7 Å². The van der Waals surface area contributed by atoms with Crippen molar-refractivity contribution in [2.75, 3.05) is 13.7 Å². The zero-order chi connectivity index (χ0) is 14.5. The Balaban J connectivity index is 1.83. The van der Waals surface area contributed by atoms with Gasteiger partial charge in [0.2, 0.25) is 0 Å². The van der Waals surface area contributed by atoms with Crippen molar-refractivity contribution in [3.8, 4) is 5.75 Å².